The quantitative estimate of drug-likeness (QED) is 0.610. The lowest BCUT2D eigenvalue weighted by atomic mass is 9.85. The fourth-order valence-corrected chi connectivity index (χ4v) is 6.22. The Morgan fingerprint density at radius 2 is 2.00 bits per heavy atom. The number of fused-ring (bicyclic) bond motifs is 2. The van der Waals surface area contributed by atoms with E-state index in [1.54, 1.807) is 17.0 Å². The summed E-state index contributed by atoms with van der Waals surface area (Å²) in [6.07, 6.45) is 5.05. The minimum Gasteiger partial charge on any atom is -0.496 e. The number of hydrogen-bond acceptors (Lipinski definition) is 6. The minimum absolute atomic E-state index is 0.0687. The van der Waals surface area contributed by atoms with Gasteiger partial charge in [-0.1, -0.05) is 12.1 Å². The molecule has 1 spiro atoms. The molecule has 38 heavy (non-hydrogen) atoms. The van der Waals surface area contributed by atoms with E-state index in [4.69, 9.17) is 9.47 Å². The molecule has 4 aliphatic rings. The molecule has 3 fully saturated rings. The van der Waals surface area contributed by atoms with E-state index in [1.807, 2.05) is 6.92 Å². The molecular formula is C27H31FN4O6. The van der Waals surface area contributed by atoms with Crippen LogP contribution in [-0.2, 0) is 14.3 Å². The van der Waals surface area contributed by atoms with Gasteiger partial charge in [-0.25, -0.2) is 14.0 Å². The molecule has 10 nitrogen and oxygen atoms in total. The number of carbonyl (C=O) groups is 4. The van der Waals surface area contributed by atoms with Crippen LogP contribution in [0.5, 0.6) is 5.75 Å². The second-order valence-corrected chi connectivity index (χ2v) is 10.2. The summed E-state index contributed by atoms with van der Waals surface area (Å²) in [6.45, 7) is 1.94. The molecule has 2 aliphatic heterocycles. The highest BCUT2D eigenvalue weighted by Crippen LogP contribution is 2.48. The highest BCUT2D eigenvalue weighted by molar-refractivity contribution is 6.03. The maximum atomic E-state index is 13.8. The van der Waals surface area contributed by atoms with Crippen LogP contribution >= 0.6 is 0 Å². The summed E-state index contributed by atoms with van der Waals surface area (Å²) in [5.41, 5.74) is 0.626. The number of ether oxygens (including phenoxy) is 2. The normalized spacial score (nSPS) is 28.2. The SMILES string of the molecule is CNC(=O)NC1=CC=C2C(CC[C@]23CN(CC(=O)N2C(C)CCC2c2ccc(F)cc2OC)C(=O)O3)C1=O. The largest absolute Gasteiger partial charge is 0.496 e. The van der Waals surface area contributed by atoms with Crippen LogP contribution in [0.2, 0.25) is 0 Å². The van der Waals surface area contributed by atoms with Crippen molar-refractivity contribution in [2.75, 3.05) is 27.2 Å². The summed E-state index contributed by atoms with van der Waals surface area (Å²) in [4.78, 5) is 54.3. The van der Waals surface area contributed by atoms with Gasteiger partial charge >= 0.3 is 12.1 Å². The van der Waals surface area contributed by atoms with Crippen LogP contribution in [0.3, 0.4) is 0 Å². The van der Waals surface area contributed by atoms with E-state index in [0.29, 0.717) is 30.6 Å². The minimum atomic E-state index is -0.983. The Morgan fingerprint density at radius 1 is 1.21 bits per heavy atom. The number of rotatable bonds is 5. The number of benzene rings is 1. The number of nitrogens with zero attached hydrogens (tertiary/aromatic N) is 2. The Balaban J connectivity index is 1.33. The molecule has 2 heterocycles. The van der Waals surface area contributed by atoms with Crippen molar-refractivity contribution in [3.8, 4) is 5.75 Å². The molecule has 2 saturated heterocycles. The van der Waals surface area contributed by atoms with Crippen LogP contribution in [0.15, 0.2) is 41.6 Å². The molecule has 1 aromatic carbocycles. The zero-order valence-electron chi connectivity index (χ0n) is 21.6. The molecule has 1 aromatic rings. The zero-order valence-corrected chi connectivity index (χ0v) is 21.6. The number of halogens is 1. The first kappa shape index (κ1) is 25.7. The maximum absolute atomic E-state index is 13.8. The summed E-state index contributed by atoms with van der Waals surface area (Å²) >= 11 is 0. The number of methoxy groups -OCH3 is 1. The van der Waals surface area contributed by atoms with Crippen molar-refractivity contribution in [3.63, 3.8) is 0 Å². The van der Waals surface area contributed by atoms with Gasteiger partial charge in [-0.2, -0.15) is 0 Å². The Kier molecular flexibility index (Phi) is 6.62. The lowest BCUT2D eigenvalue weighted by Gasteiger charge is -2.31. The third kappa shape index (κ3) is 4.29. The van der Waals surface area contributed by atoms with Crippen LogP contribution in [0.4, 0.5) is 14.0 Å². The van der Waals surface area contributed by atoms with E-state index in [0.717, 1.165) is 12.0 Å². The van der Waals surface area contributed by atoms with Crippen molar-refractivity contribution in [2.24, 2.45) is 5.92 Å². The first-order valence-corrected chi connectivity index (χ1v) is 12.7. The second-order valence-electron chi connectivity index (χ2n) is 10.2. The van der Waals surface area contributed by atoms with Gasteiger partial charge in [-0.05, 0) is 50.3 Å². The van der Waals surface area contributed by atoms with Crippen LogP contribution in [0.1, 0.15) is 44.2 Å². The first-order chi connectivity index (χ1) is 18.2. The summed E-state index contributed by atoms with van der Waals surface area (Å²) in [5, 5.41) is 4.96. The number of nitrogens with one attached hydrogen (secondary N) is 2. The highest BCUT2D eigenvalue weighted by Gasteiger charge is 2.56. The van der Waals surface area contributed by atoms with Crippen LogP contribution in [0.25, 0.3) is 0 Å². The van der Waals surface area contributed by atoms with Gasteiger partial charge in [-0.15, -0.1) is 0 Å². The molecule has 0 radical (unpaired) electrons. The van der Waals surface area contributed by atoms with Crippen LogP contribution in [0, 0.1) is 11.7 Å². The van der Waals surface area contributed by atoms with Crippen molar-refractivity contribution >= 4 is 23.8 Å². The molecule has 4 amide bonds. The number of amides is 4. The maximum Gasteiger partial charge on any atom is 0.411 e. The van der Waals surface area contributed by atoms with Gasteiger partial charge < -0.3 is 25.0 Å². The molecule has 202 valence electrons. The molecule has 4 atom stereocenters. The van der Waals surface area contributed by atoms with Crippen molar-refractivity contribution in [2.45, 2.75) is 50.3 Å². The number of urea groups is 1. The predicted molar refractivity (Wildman–Crippen MR) is 134 cm³/mol. The van der Waals surface area contributed by atoms with Crippen LogP contribution in [-0.4, -0.2) is 72.5 Å². The molecule has 5 rings (SSSR count). The monoisotopic (exact) mass is 526 g/mol. The standard InChI is InChI=1S/C27H31FN4O6/c1-15-4-9-21(18-6-5-16(28)12-22(18)37-3)32(15)23(33)13-31-14-27(38-26(31)36)11-10-17-19(27)7-8-20(24(17)34)30-25(35)29-2/h5-8,12,15,17,21H,4,9-11,13-14H2,1-3H3,(H2,29,30,35)/t15?,17?,21?,27-/m0/s1. The van der Waals surface area contributed by atoms with Gasteiger partial charge in [0.05, 0.1) is 25.4 Å². The fraction of sp³-hybridized carbons (Fsp3) is 0.481. The van der Waals surface area contributed by atoms with E-state index in [1.165, 1.54) is 37.3 Å². The topological polar surface area (TPSA) is 117 Å². The van der Waals surface area contributed by atoms with Gasteiger partial charge in [0, 0.05) is 30.6 Å². The first-order valence-electron chi connectivity index (χ1n) is 12.7. The molecule has 2 N–H and O–H groups in total. The number of ketones is 1. The molecular weight excluding hydrogens is 495 g/mol. The summed E-state index contributed by atoms with van der Waals surface area (Å²) in [5.74, 6) is -0.998. The van der Waals surface area contributed by atoms with E-state index in [2.05, 4.69) is 10.6 Å². The lowest BCUT2D eigenvalue weighted by molar-refractivity contribution is -0.134. The smallest absolute Gasteiger partial charge is 0.411 e. The zero-order chi connectivity index (χ0) is 27.2. The van der Waals surface area contributed by atoms with Crippen molar-refractivity contribution in [1.29, 1.82) is 0 Å². The number of allylic oxidation sites excluding steroid dienone is 3. The predicted octanol–water partition coefficient (Wildman–Crippen LogP) is 2.81. The van der Waals surface area contributed by atoms with Gasteiger partial charge in [0.25, 0.3) is 0 Å². The Hall–Kier alpha value is -3.89. The summed E-state index contributed by atoms with van der Waals surface area (Å²) in [7, 11) is 2.93. The van der Waals surface area contributed by atoms with E-state index in [-0.39, 0.29) is 42.6 Å². The number of hydrogen-bond donors (Lipinski definition) is 2. The third-order valence-corrected chi connectivity index (χ3v) is 8.05. The molecule has 0 bridgehead atoms. The van der Waals surface area contributed by atoms with Gasteiger partial charge in [-0.3, -0.25) is 14.5 Å². The Labute approximate surface area is 219 Å². The highest BCUT2D eigenvalue weighted by atomic mass is 19.1. The average Bonchev–Trinajstić information content (AvgIpc) is 3.55. The van der Waals surface area contributed by atoms with E-state index < -0.39 is 29.5 Å². The Morgan fingerprint density at radius 3 is 2.74 bits per heavy atom. The van der Waals surface area contributed by atoms with Gasteiger partial charge in [0.2, 0.25) is 5.91 Å². The number of carbonyl (C=O) groups excluding carboxylic acids is 4. The van der Waals surface area contributed by atoms with Crippen molar-refractivity contribution in [1.82, 2.24) is 20.4 Å². The molecule has 0 aromatic heterocycles. The van der Waals surface area contributed by atoms with Crippen molar-refractivity contribution in [3.05, 3.63) is 53.0 Å². The third-order valence-electron chi connectivity index (χ3n) is 8.05. The number of Topliss-reactive ketones (excluding diaryl/α,β-unsaturated/α-hetero) is 1. The fourth-order valence-electron chi connectivity index (χ4n) is 6.22. The van der Waals surface area contributed by atoms with Crippen LogP contribution < -0.4 is 15.4 Å². The molecule has 1 saturated carbocycles. The number of likely N-dealkylation sites (tertiary alicyclic amines) is 1. The summed E-state index contributed by atoms with van der Waals surface area (Å²) < 4.78 is 25.0. The van der Waals surface area contributed by atoms with E-state index >= 15 is 0 Å². The Bertz CT molecular complexity index is 1260. The average molecular weight is 527 g/mol. The lowest BCUT2D eigenvalue weighted by Crippen LogP contribution is -2.44. The molecule has 2 aliphatic carbocycles. The van der Waals surface area contributed by atoms with E-state index in [9.17, 15) is 23.6 Å². The molecule has 11 heteroatoms. The van der Waals surface area contributed by atoms with Gasteiger partial charge in [0.15, 0.2) is 11.4 Å². The molecule has 3 unspecified atom stereocenters. The second kappa shape index (κ2) is 9.77. The van der Waals surface area contributed by atoms with Gasteiger partial charge in [0.1, 0.15) is 18.1 Å². The van der Waals surface area contributed by atoms with Crippen molar-refractivity contribution < 1.29 is 33.0 Å². The summed E-state index contributed by atoms with van der Waals surface area (Å²) in [6, 6.07) is 3.45.